The summed E-state index contributed by atoms with van der Waals surface area (Å²) in [6.45, 7) is 8.64. The fourth-order valence-corrected chi connectivity index (χ4v) is 3.93. The Hall–Kier alpha value is -2.26. The molecule has 1 heterocycles. The Labute approximate surface area is 160 Å². The Kier molecular flexibility index (Phi) is 7.09. The van der Waals surface area contributed by atoms with Crippen LogP contribution in [0.2, 0.25) is 0 Å². The first-order valence-electron chi connectivity index (χ1n) is 9.00. The molecule has 0 saturated carbocycles. The first kappa shape index (κ1) is 21.0. The Balaban J connectivity index is 1.95. The van der Waals surface area contributed by atoms with Gasteiger partial charge in [-0.2, -0.15) is 4.31 Å². The highest BCUT2D eigenvalue weighted by Gasteiger charge is 2.21. The van der Waals surface area contributed by atoms with Crippen LogP contribution < -0.4 is 5.32 Å². The Morgan fingerprint density at radius 1 is 1.15 bits per heavy atom. The number of carbonyl (C=O) groups excluding carboxylic acids is 1. The van der Waals surface area contributed by atoms with Crippen LogP contribution in [-0.2, 0) is 16.4 Å². The van der Waals surface area contributed by atoms with Crippen molar-refractivity contribution in [2.45, 2.75) is 44.9 Å². The van der Waals surface area contributed by atoms with E-state index in [9.17, 15) is 13.2 Å². The van der Waals surface area contributed by atoms with Gasteiger partial charge in [0.25, 0.3) is 5.91 Å². The largest absolute Gasteiger partial charge is 0.425 e. The molecule has 0 saturated heterocycles. The molecule has 1 amide bonds. The average molecular weight is 394 g/mol. The fraction of sp³-hybridized carbons (Fsp3) is 0.500. The fourth-order valence-electron chi connectivity index (χ4n) is 2.48. The van der Waals surface area contributed by atoms with Crippen molar-refractivity contribution in [3.05, 3.63) is 41.6 Å². The minimum absolute atomic E-state index is 0.159. The van der Waals surface area contributed by atoms with Crippen LogP contribution in [-0.4, -0.2) is 48.5 Å². The van der Waals surface area contributed by atoms with Crippen LogP contribution >= 0.6 is 0 Å². The molecular formula is C18H26N4O4S. The topological polar surface area (TPSA) is 105 Å². The number of nitrogens with zero attached hydrogens (tertiary/aromatic N) is 3. The maximum atomic E-state index is 12.5. The third kappa shape index (κ3) is 5.14. The van der Waals surface area contributed by atoms with Crippen molar-refractivity contribution in [3.8, 4) is 0 Å². The molecule has 9 heteroatoms. The third-order valence-corrected chi connectivity index (χ3v) is 6.12. The summed E-state index contributed by atoms with van der Waals surface area (Å²) in [5.74, 6) is 0.915. The summed E-state index contributed by atoms with van der Waals surface area (Å²) in [6, 6.07) is 5.93. The SMILES string of the molecule is CCN(CC)S(=O)(=O)c1ccc(C(=O)NCCc2nnc(C(C)C)o2)cc1. The summed E-state index contributed by atoms with van der Waals surface area (Å²) in [6.07, 6.45) is 0.430. The van der Waals surface area contributed by atoms with E-state index >= 15 is 0 Å². The summed E-state index contributed by atoms with van der Waals surface area (Å²) in [7, 11) is -3.53. The number of carbonyl (C=O) groups is 1. The standard InChI is InChI=1S/C18H26N4O4S/c1-5-22(6-2)27(24,25)15-9-7-14(8-10-15)17(23)19-12-11-16-20-21-18(26-16)13(3)4/h7-10,13H,5-6,11-12H2,1-4H3,(H,19,23). The van der Waals surface area contributed by atoms with E-state index in [1.165, 1.54) is 28.6 Å². The second-order valence-corrected chi connectivity index (χ2v) is 8.25. The minimum Gasteiger partial charge on any atom is -0.425 e. The van der Waals surface area contributed by atoms with E-state index in [-0.39, 0.29) is 16.7 Å². The van der Waals surface area contributed by atoms with E-state index in [0.29, 0.717) is 43.4 Å². The lowest BCUT2D eigenvalue weighted by Crippen LogP contribution is -2.30. The van der Waals surface area contributed by atoms with Gasteiger partial charge in [0.15, 0.2) is 0 Å². The van der Waals surface area contributed by atoms with E-state index < -0.39 is 10.0 Å². The highest BCUT2D eigenvalue weighted by Crippen LogP contribution is 2.16. The molecule has 1 aromatic heterocycles. The zero-order valence-corrected chi connectivity index (χ0v) is 16.9. The van der Waals surface area contributed by atoms with Crippen LogP contribution in [0.4, 0.5) is 0 Å². The van der Waals surface area contributed by atoms with Crippen LogP contribution in [0, 0.1) is 0 Å². The van der Waals surface area contributed by atoms with Crippen molar-refractivity contribution in [2.24, 2.45) is 0 Å². The Bertz CT molecular complexity index is 856. The summed E-state index contributed by atoms with van der Waals surface area (Å²) in [4.78, 5) is 12.4. The first-order valence-corrected chi connectivity index (χ1v) is 10.4. The second-order valence-electron chi connectivity index (χ2n) is 6.31. The maximum Gasteiger partial charge on any atom is 0.251 e. The smallest absolute Gasteiger partial charge is 0.251 e. The number of hydrogen-bond acceptors (Lipinski definition) is 6. The van der Waals surface area contributed by atoms with Gasteiger partial charge in [-0.05, 0) is 24.3 Å². The summed E-state index contributed by atoms with van der Waals surface area (Å²) >= 11 is 0. The van der Waals surface area contributed by atoms with Gasteiger partial charge < -0.3 is 9.73 Å². The van der Waals surface area contributed by atoms with Gasteiger partial charge in [0, 0.05) is 37.5 Å². The Morgan fingerprint density at radius 2 is 1.78 bits per heavy atom. The quantitative estimate of drug-likeness (QED) is 0.699. The highest BCUT2D eigenvalue weighted by molar-refractivity contribution is 7.89. The number of sulfonamides is 1. The molecule has 0 spiro atoms. The van der Waals surface area contributed by atoms with Crippen molar-refractivity contribution < 1.29 is 17.6 Å². The van der Waals surface area contributed by atoms with E-state index in [0.717, 1.165) is 0 Å². The molecule has 2 rings (SSSR count). The highest BCUT2D eigenvalue weighted by atomic mass is 32.2. The van der Waals surface area contributed by atoms with Gasteiger partial charge in [0.2, 0.25) is 21.8 Å². The van der Waals surface area contributed by atoms with Crippen molar-refractivity contribution in [2.75, 3.05) is 19.6 Å². The Morgan fingerprint density at radius 3 is 2.30 bits per heavy atom. The van der Waals surface area contributed by atoms with Gasteiger partial charge in [0.05, 0.1) is 4.90 Å². The summed E-state index contributed by atoms with van der Waals surface area (Å²) in [5, 5.41) is 10.6. The predicted molar refractivity (Wildman–Crippen MR) is 101 cm³/mol. The number of aromatic nitrogens is 2. The molecule has 0 aliphatic heterocycles. The van der Waals surface area contributed by atoms with Gasteiger partial charge in [-0.15, -0.1) is 10.2 Å². The lowest BCUT2D eigenvalue weighted by Gasteiger charge is -2.18. The molecule has 1 N–H and O–H groups in total. The molecule has 0 radical (unpaired) electrons. The van der Waals surface area contributed by atoms with Crippen LogP contribution in [0.15, 0.2) is 33.6 Å². The number of amides is 1. The minimum atomic E-state index is -3.53. The maximum absolute atomic E-state index is 12.5. The van der Waals surface area contributed by atoms with Gasteiger partial charge in [-0.25, -0.2) is 8.42 Å². The van der Waals surface area contributed by atoms with Gasteiger partial charge >= 0.3 is 0 Å². The average Bonchev–Trinajstić information content (AvgIpc) is 3.12. The van der Waals surface area contributed by atoms with Gasteiger partial charge in [0.1, 0.15) is 0 Å². The molecule has 0 fully saturated rings. The van der Waals surface area contributed by atoms with E-state index in [4.69, 9.17) is 4.42 Å². The molecule has 0 bridgehead atoms. The number of rotatable bonds is 9. The molecule has 0 atom stereocenters. The zero-order chi connectivity index (χ0) is 20.0. The summed E-state index contributed by atoms with van der Waals surface area (Å²) in [5.41, 5.74) is 0.391. The zero-order valence-electron chi connectivity index (χ0n) is 16.1. The van der Waals surface area contributed by atoms with Crippen molar-refractivity contribution in [1.29, 1.82) is 0 Å². The van der Waals surface area contributed by atoms with E-state index in [1.807, 2.05) is 13.8 Å². The number of nitrogens with one attached hydrogen (secondary N) is 1. The number of hydrogen-bond donors (Lipinski definition) is 1. The van der Waals surface area contributed by atoms with Crippen LogP contribution in [0.1, 0.15) is 55.8 Å². The van der Waals surface area contributed by atoms with Crippen molar-refractivity contribution in [1.82, 2.24) is 19.8 Å². The van der Waals surface area contributed by atoms with Crippen molar-refractivity contribution in [3.63, 3.8) is 0 Å². The first-order chi connectivity index (χ1) is 12.8. The molecule has 148 valence electrons. The molecule has 27 heavy (non-hydrogen) atoms. The monoisotopic (exact) mass is 394 g/mol. The molecule has 2 aromatic rings. The van der Waals surface area contributed by atoms with Crippen molar-refractivity contribution >= 4 is 15.9 Å². The van der Waals surface area contributed by atoms with Crippen LogP contribution in [0.5, 0.6) is 0 Å². The molecular weight excluding hydrogens is 368 g/mol. The van der Waals surface area contributed by atoms with E-state index in [2.05, 4.69) is 15.5 Å². The lowest BCUT2D eigenvalue weighted by atomic mass is 10.2. The summed E-state index contributed by atoms with van der Waals surface area (Å²) < 4.78 is 31.8. The van der Waals surface area contributed by atoms with E-state index in [1.54, 1.807) is 13.8 Å². The predicted octanol–water partition coefficient (Wildman–Crippen LogP) is 2.20. The molecule has 8 nitrogen and oxygen atoms in total. The second kappa shape index (κ2) is 9.09. The van der Waals surface area contributed by atoms with Gasteiger partial charge in [-0.1, -0.05) is 27.7 Å². The number of benzene rings is 1. The normalized spacial score (nSPS) is 11.9. The molecule has 0 aliphatic rings. The van der Waals surface area contributed by atoms with Crippen LogP contribution in [0.25, 0.3) is 0 Å². The lowest BCUT2D eigenvalue weighted by molar-refractivity contribution is 0.0953. The van der Waals surface area contributed by atoms with Gasteiger partial charge in [-0.3, -0.25) is 4.79 Å². The molecule has 1 aromatic carbocycles. The van der Waals surface area contributed by atoms with Crippen LogP contribution in [0.3, 0.4) is 0 Å². The molecule has 0 unspecified atom stereocenters. The third-order valence-electron chi connectivity index (χ3n) is 4.06. The molecule has 0 aliphatic carbocycles.